The number of fused-ring (bicyclic) bond motifs is 1. The molecule has 162 valence electrons. The number of aryl methyl sites for hydroxylation is 2. The summed E-state index contributed by atoms with van der Waals surface area (Å²) in [6, 6.07) is 5.66. The van der Waals surface area contributed by atoms with E-state index in [9.17, 15) is 26.7 Å². The van der Waals surface area contributed by atoms with E-state index in [0.29, 0.717) is 21.4 Å². The monoisotopic (exact) mass is 440 g/mol. The van der Waals surface area contributed by atoms with Crippen molar-refractivity contribution in [1.82, 2.24) is 14.8 Å². The molecule has 3 heterocycles. The third-order valence-electron chi connectivity index (χ3n) is 4.52. The van der Waals surface area contributed by atoms with Crippen molar-refractivity contribution in [2.45, 2.75) is 19.4 Å². The van der Waals surface area contributed by atoms with Crippen LogP contribution >= 0.6 is 0 Å². The van der Waals surface area contributed by atoms with Crippen molar-refractivity contribution in [3.63, 3.8) is 0 Å². The normalized spacial score (nSPS) is 14.5. The number of anilines is 1. The molecular formula is C19H13F5N4O3. The number of rotatable bonds is 3. The van der Waals surface area contributed by atoms with Gasteiger partial charge in [0.2, 0.25) is 0 Å². The summed E-state index contributed by atoms with van der Waals surface area (Å²) in [7, 11) is 1.08. The number of benzene rings is 1. The predicted molar refractivity (Wildman–Crippen MR) is 96.8 cm³/mol. The molecule has 1 aliphatic rings. The number of hydrogen-bond acceptors (Lipinski definition) is 5. The zero-order valence-corrected chi connectivity index (χ0v) is 15.9. The number of carbonyl (C=O) groups is 1. The van der Waals surface area contributed by atoms with Gasteiger partial charge >= 0.3 is 12.5 Å². The minimum atomic E-state index is -4.76. The fourth-order valence-electron chi connectivity index (χ4n) is 3.16. The van der Waals surface area contributed by atoms with Crippen molar-refractivity contribution >= 4 is 11.7 Å². The number of nitrogens with one attached hydrogen (secondary N) is 1. The molecule has 0 atom stereocenters. The summed E-state index contributed by atoms with van der Waals surface area (Å²) in [6.07, 6.45) is -6.35. The Morgan fingerprint density at radius 2 is 1.81 bits per heavy atom. The molecule has 0 unspecified atom stereocenters. The van der Waals surface area contributed by atoms with Gasteiger partial charge in [0, 0.05) is 18.8 Å². The average molecular weight is 440 g/mol. The van der Waals surface area contributed by atoms with Crippen LogP contribution < -0.4 is 14.8 Å². The molecule has 1 aliphatic heterocycles. The molecule has 2 aromatic heterocycles. The van der Waals surface area contributed by atoms with E-state index in [-0.39, 0.29) is 17.3 Å². The average Bonchev–Trinajstić information content (AvgIpc) is 3.19. The molecule has 3 aromatic rings. The highest BCUT2D eigenvalue weighted by molar-refractivity contribution is 6.04. The second-order valence-corrected chi connectivity index (χ2v) is 6.70. The second kappa shape index (κ2) is 6.93. The Hall–Kier alpha value is -3.70. The molecule has 0 radical (unpaired) electrons. The van der Waals surface area contributed by atoms with Gasteiger partial charge in [0.1, 0.15) is 5.82 Å². The van der Waals surface area contributed by atoms with Crippen molar-refractivity contribution < 1.29 is 36.2 Å². The van der Waals surface area contributed by atoms with Crippen LogP contribution in [0.15, 0.2) is 36.7 Å². The van der Waals surface area contributed by atoms with Crippen molar-refractivity contribution in [3.8, 4) is 22.6 Å². The summed E-state index contributed by atoms with van der Waals surface area (Å²) in [5.41, 5.74) is -0.196. The van der Waals surface area contributed by atoms with Crippen LogP contribution in [0.5, 0.6) is 11.5 Å². The molecule has 0 saturated carbocycles. The van der Waals surface area contributed by atoms with Crippen molar-refractivity contribution in [1.29, 1.82) is 0 Å². The van der Waals surface area contributed by atoms with Gasteiger partial charge in [0.05, 0.1) is 11.8 Å². The smallest absolute Gasteiger partial charge is 0.395 e. The van der Waals surface area contributed by atoms with Crippen LogP contribution in [0.2, 0.25) is 0 Å². The zero-order chi connectivity index (χ0) is 22.6. The molecule has 1 amide bonds. The van der Waals surface area contributed by atoms with E-state index in [1.54, 1.807) is 6.92 Å². The second-order valence-electron chi connectivity index (χ2n) is 6.70. The van der Waals surface area contributed by atoms with Crippen LogP contribution in [-0.4, -0.2) is 27.0 Å². The van der Waals surface area contributed by atoms with Crippen LogP contribution in [0.4, 0.5) is 27.8 Å². The van der Waals surface area contributed by atoms with Crippen LogP contribution in [0.3, 0.4) is 0 Å². The lowest BCUT2D eigenvalue weighted by atomic mass is 10.0. The summed E-state index contributed by atoms with van der Waals surface area (Å²) < 4.78 is 75.3. The van der Waals surface area contributed by atoms with Gasteiger partial charge in [-0.15, -0.1) is 8.78 Å². The Labute approximate surface area is 171 Å². The maximum absolute atomic E-state index is 13.2. The maximum atomic E-state index is 13.2. The largest absolute Gasteiger partial charge is 0.586 e. The van der Waals surface area contributed by atoms with Gasteiger partial charge in [-0.1, -0.05) is 0 Å². The van der Waals surface area contributed by atoms with Gasteiger partial charge in [0.25, 0.3) is 5.91 Å². The molecular weight excluding hydrogens is 427 g/mol. The Kier molecular flexibility index (Phi) is 4.60. The van der Waals surface area contributed by atoms with Gasteiger partial charge in [-0.05, 0) is 42.3 Å². The Bertz CT molecular complexity index is 1170. The number of carbonyl (C=O) groups excluding carboxylic acids is 1. The fraction of sp³-hybridized carbons (Fsp3) is 0.211. The number of aromatic nitrogens is 3. The van der Waals surface area contributed by atoms with Crippen LogP contribution in [0.25, 0.3) is 11.1 Å². The van der Waals surface area contributed by atoms with Crippen LogP contribution in [-0.2, 0) is 13.2 Å². The minimum absolute atomic E-state index is 0.00402. The quantitative estimate of drug-likeness (QED) is 0.612. The van der Waals surface area contributed by atoms with Gasteiger partial charge in [0.15, 0.2) is 17.2 Å². The maximum Gasteiger partial charge on any atom is 0.586 e. The van der Waals surface area contributed by atoms with E-state index in [2.05, 4.69) is 24.9 Å². The van der Waals surface area contributed by atoms with Gasteiger partial charge in [-0.2, -0.15) is 18.3 Å². The predicted octanol–water partition coefficient (Wildman–Crippen LogP) is 4.38. The molecule has 1 aromatic carbocycles. The van der Waals surface area contributed by atoms with Crippen molar-refractivity contribution in [2.24, 2.45) is 7.05 Å². The standard InChI is InChI=1S/C19H13F5N4O3/c1-9-5-13-14(31-19(23,24)30-13)6-11(9)10-3-4-15(25-7-10)27-17(29)12-8-26-28(2)16(12)18(20,21)22/h3-8H,1-2H3,(H,25,27,29). The fourth-order valence-corrected chi connectivity index (χ4v) is 3.16. The van der Waals surface area contributed by atoms with Gasteiger partial charge in [-0.25, -0.2) is 4.98 Å². The number of nitrogens with zero attached hydrogens (tertiary/aromatic N) is 3. The number of halogens is 5. The van der Waals surface area contributed by atoms with Crippen LogP contribution in [0.1, 0.15) is 21.6 Å². The highest BCUT2D eigenvalue weighted by Gasteiger charge is 2.43. The topological polar surface area (TPSA) is 78.3 Å². The molecule has 0 aliphatic carbocycles. The lowest BCUT2D eigenvalue weighted by molar-refractivity contribution is -0.286. The van der Waals surface area contributed by atoms with Crippen molar-refractivity contribution in [3.05, 3.63) is 53.5 Å². The molecule has 7 nitrogen and oxygen atoms in total. The number of ether oxygens (including phenoxy) is 2. The van der Waals surface area contributed by atoms with Crippen LogP contribution in [0, 0.1) is 6.92 Å². The molecule has 4 rings (SSSR count). The summed E-state index contributed by atoms with van der Waals surface area (Å²) in [6.45, 7) is 1.67. The van der Waals surface area contributed by atoms with E-state index < -0.39 is 29.6 Å². The van der Waals surface area contributed by atoms with E-state index in [1.165, 1.54) is 30.5 Å². The first kappa shape index (κ1) is 20.6. The number of alkyl halides is 5. The first-order valence-corrected chi connectivity index (χ1v) is 8.72. The van der Waals surface area contributed by atoms with E-state index in [1.807, 2.05) is 0 Å². The van der Waals surface area contributed by atoms with E-state index >= 15 is 0 Å². The Morgan fingerprint density at radius 3 is 2.42 bits per heavy atom. The zero-order valence-electron chi connectivity index (χ0n) is 15.9. The summed E-state index contributed by atoms with van der Waals surface area (Å²) in [4.78, 5) is 16.3. The summed E-state index contributed by atoms with van der Waals surface area (Å²) >= 11 is 0. The van der Waals surface area contributed by atoms with Gasteiger partial charge in [-0.3, -0.25) is 9.48 Å². The lowest BCUT2D eigenvalue weighted by Crippen LogP contribution is -2.25. The lowest BCUT2D eigenvalue weighted by Gasteiger charge is -2.11. The van der Waals surface area contributed by atoms with Crippen molar-refractivity contribution in [2.75, 3.05) is 5.32 Å². The third kappa shape index (κ3) is 3.88. The number of pyridine rings is 1. The first-order valence-electron chi connectivity index (χ1n) is 8.72. The number of amides is 1. The molecule has 31 heavy (non-hydrogen) atoms. The van der Waals surface area contributed by atoms with Gasteiger partial charge < -0.3 is 14.8 Å². The summed E-state index contributed by atoms with van der Waals surface area (Å²) in [5.74, 6) is -1.27. The van der Waals surface area contributed by atoms with E-state index in [0.717, 1.165) is 13.2 Å². The SMILES string of the molecule is Cc1cc2c(cc1-c1ccc(NC(=O)c3cnn(C)c3C(F)(F)F)nc1)OC(F)(F)O2. The number of hydrogen-bond donors (Lipinski definition) is 1. The highest BCUT2D eigenvalue weighted by atomic mass is 19.4. The minimum Gasteiger partial charge on any atom is -0.395 e. The molecule has 0 bridgehead atoms. The molecule has 0 fully saturated rings. The first-order chi connectivity index (χ1) is 14.4. The molecule has 0 saturated heterocycles. The van der Waals surface area contributed by atoms with E-state index in [4.69, 9.17) is 0 Å². The Morgan fingerprint density at radius 1 is 1.13 bits per heavy atom. The molecule has 1 N–H and O–H groups in total. The Balaban J connectivity index is 1.56. The molecule has 0 spiro atoms. The third-order valence-corrected chi connectivity index (χ3v) is 4.52. The summed E-state index contributed by atoms with van der Waals surface area (Å²) in [5, 5.41) is 5.77. The molecule has 12 heteroatoms. The highest BCUT2D eigenvalue weighted by Crippen LogP contribution is 2.44.